The molecule has 15 heavy (non-hydrogen) atoms. The molecule has 0 aliphatic rings. The second-order valence-electron chi connectivity index (χ2n) is 3.00. The molecular weight excluding hydrogens is 228 g/mol. The molecule has 4 nitrogen and oxygen atoms in total. The molecule has 0 radical (unpaired) electrons. The summed E-state index contributed by atoms with van der Waals surface area (Å²) >= 11 is 10.2. The van der Waals surface area contributed by atoms with Crippen molar-refractivity contribution >= 4 is 30.1 Å². The summed E-state index contributed by atoms with van der Waals surface area (Å²) in [6.45, 7) is 0. The molecule has 2 aromatic rings. The summed E-state index contributed by atoms with van der Waals surface area (Å²) in [5, 5.41) is 8.67. The lowest BCUT2D eigenvalue weighted by atomic mass is 10.3. The highest BCUT2D eigenvalue weighted by atomic mass is 32.1. The third-order valence-electron chi connectivity index (χ3n) is 2.08. The molecule has 0 unspecified atom stereocenters. The quantitative estimate of drug-likeness (QED) is 0.705. The van der Waals surface area contributed by atoms with Crippen LogP contribution in [0.4, 0.5) is 5.69 Å². The number of aromatic nitrogens is 3. The Balaban J connectivity index is 2.64. The number of rotatable bonds is 2. The first-order valence-electron chi connectivity index (χ1n) is 4.40. The third kappa shape index (κ3) is 1.86. The number of anilines is 1. The molecule has 0 bridgehead atoms. The summed E-state index contributed by atoms with van der Waals surface area (Å²) in [6, 6.07) is 7.86. The van der Waals surface area contributed by atoms with Crippen LogP contribution >= 0.6 is 24.4 Å². The fourth-order valence-corrected chi connectivity index (χ4v) is 1.90. The van der Waals surface area contributed by atoms with E-state index >= 15 is 0 Å². The van der Waals surface area contributed by atoms with E-state index in [1.165, 1.54) is 0 Å². The molecule has 0 fully saturated rings. The van der Waals surface area contributed by atoms with Crippen LogP contribution in [-0.2, 0) is 0 Å². The molecule has 6 heteroatoms. The molecule has 0 saturated heterocycles. The minimum atomic E-state index is 0.563. The Morgan fingerprint density at radius 2 is 1.87 bits per heavy atom. The Kier molecular flexibility index (Phi) is 2.70. The lowest BCUT2D eigenvalue weighted by molar-refractivity contribution is 1.02. The van der Waals surface area contributed by atoms with Crippen LogP contribution in [0.3, 0.4) is 0 Å². The van der Waals surface area contributed by atoms with Gasteiger partial charge in [0.05, 0.1) is 5.69 Å². The molecule has 2 rings (SSSR count). The molecule has 78 valence electrons. The molecule has 1 aromatic carbocycles. The third-order valence-corrected chi connectivity index (χ3v) is 2.64. The van der Waals surface area contributed by atoms with Gasteiger partial charge in [-0.1, -0.05) is 6.07 Å². The van der Waals surface area contributed by atoms with Crippen LogP contribution < -0.4 is 5.32 Å². The van der Waals surface area contributed by atoms with Crippen molar-refractivity contribution in [1.82, 2.24) is 14.8 Å². The van der Waals surface area contributed by atoms with E-state index in [4.69, 9.17) is 24.4 Å². The van der Waals surface area contributed by atoms with Gasteiger partial charge in [0.2, 0.25) is 0 Å². The minimum absolute atomic E-state index is 0.563. The molecule has 1 heterocycles. The minimum Gasteiger partial charge on any atom is -0.388 e. The molecule has 1 aromatic heterocycles. The van der Waals surface area contributed by atoms with Crippen molar-refractivity contribution < 1.29 is 0 Å². The van der Waals surface area contributed by atoms with Crippen LogP contribution in [0.25, 0.3) is 5.69 Å². The number of hydrogen-bond donors (Lipinski definition) is 3. The van der Waals surface area contributed by atoms with Gasteiger partial charge in [0.15, 0.2) is 9.54 Å². The normalized spacial score (nSPS) is 10.2. The van der Waals surface area contributed by atoms with E-state index in [9.17, 15) is 0 Å². The lowest BCUT2D eigenvalue weighted by Crippen LogP contribution is -1.96. The van der Waals surface area contributed by atoms with Gasteiger partial charge in [0, 0.05) is 12.7 Å². The van der Waals surface area contributed by atoms with Crippen LogP contribution in [-0.4, -0.2) is 21.8 Å². The average molecular weight is 238 g/mol. The number of benzene rings is 1. The average Bonchev–Trinajstić information content (AvgIpc) is 2.59. The molecule has 0 aliphatic heterocycles. The summed E-state index contributed by atoms with van der Waals surface area (Å²) in [4.78, 5) is 0. The highest BCUT2D eigenvalue weighted by Crippen LogP contribution is 2.14. The summed E-state index contributed by atoms with van der Waals surface area (Å²) in [7, 11) is 1.87. The molecule has 0 amide bonds. The van der Waals surface area contributed by atoms with Gasteiger partial charge in [-0.25, -0.2) is 0 Å². The number of aromatic amines is 2. The number of nitrogens with one attached hydrogen (secondary N) is 3. The van der Waals surface area contributed by atoms with Crippen molar-refractivity contribution in [3.63, 3.8) is 0 Å². The van der Waals surface area contributed by atoms with Gasteiger partial charge in [-0.3, -0.25) is 14.8 Å². The topological polar surface area (TPSA) is 48.5 Å². The van der Waals surface area contributed by atoms with Crippen molar-refractivity contribution in [3.8, 4) is 5.69 Å². The standard InChI is InChI=1S/C9H10N4S2/c1-10-6-3-2-4-7(5-6)13-8(14)11-12-9(13)15/h2-5,10H,1H3,(H,11,14)(H,12,15). The van der Waals surface area contributed by atoms with Gasteiger partial charge >= 0.3 is 0 Å². The monoisotopic (exact) mass is 238 g/mol. The maximum Gasteiger partial charge on any atom is 0.198 e. The predicted molar refractivity (Wildman–Crippen MR) is 65.7 cm³/mol. The van der Waals surface area contributed by atoms with E-state index < -0.39 is 0 Å². The Morgan fingerprint density at radius 3 is 2.47 bits per heavy atom. The first-order chi connectivity index (χ1) is 7.22. The Bertz CT molecular complexity index is 551. The van der Waals surface area contributed by atoms with Crippen molar-refractivity contribution in [2.75, 3.05) is 12.4 Å². The molecule has 0 aliphatic carbocycles. The number of hydrogen-bond acceptors (Lipinski definition) is 3. The van der Waals surface area contributed by atoms with Gasteiger partial charge in [-0.05, 0) is 42.6 Å². The smallest absolute Gasteiger partial charge is 0.198 e. The molecule has 0 spiro atoms. The van der Waals surface area contributed by atoms with Gasteiger partial charge in [0.25, 0.3) is 0 Å². The van der Waals surface area contributed by atoms with Crippen LogP contribution in [0, 0.1) is 9.54 Å². The van der Waals surface area contributed by atoms with Crippen molar-refractivity contribution in [3.05, 3.63) is 33.8 Å². The summed E-state index contributed by atoms with van der Waals surface area (Å²) in [5.41, 5.74) is 1.96. The maximum atomic E-state index is 5.12. The van der Waals surface area contributed by atoms with Crippen LogP contribution in [0.5, 0.6) is 0 Å². The van der Waals surface area contributed by atoms with E-state index in [1.807, 2.05) is 31.3 Å². The zero-order chi connectivity index (χ0) is 10.8. The number of nitrogens with zero attached hydrogens (tertiary/aromatic N) is 1. The maximum absolute atomic E-state index is 5.12. The fourth-order valence-electron chi connectivity index (χ4n) is 1.35. The van der Waals surface area contributed by atoms with Gasteiger partial charge < -0.3 is 5.32 Å². The Labute approximate surface area is 96.9 Å². The van der Waals surface area contributed by atoms with Gasteiger partial charge in [-0.15, -0.1) is 0 Å². The van der Waals surface area contributed by atoms with Crippen LogP contribution in [0.2, 0.25) is 0 Å². The molecule has 3 N–H and O–H groups in total. The molecule has 0 atom stereocenters. The van der Waals surface area contributed by atoms with Crippen molar-refractivity contribution in [1.29, 1.82) is 0 Å². The highest BCUT2D eigenvalue weighted by molar-refractivity contribution is 7.72. The Morgan fingerprint density at radius 1 is 1.20 bits per heavy atom. The van der Waals surface area contributed by atoms with E-state index in [-0.39, 0.29) is 0 Å². The zero-order valence-corrected chi connectivity index (χ0v) is 9.71. The van der Waals surface area contributed by atoms with Gasteiger partial charge in [0.1, 0.15) is 0 Å². The highest BCUT2D eigenvalue weighted by Gasteiger charge is 2.00. The van der Waals surface area contributed by atoms with E-state index in [0.717, 1.165) is 11.4 Å². The van der Waals surface area contributed by atoms with Crippen LogP contribution in [0.1, 0.15) is 0 Å². The predicted octanol–water partition coefficient (Wildman–Crippen LogP) is 2.63. The molecule has 0 saturated carbocycles. The summed E-state index contributed by atoms with van der Waals surface area (Å²) in [5.74, 6) is 0. The van der Waals surface area contributed by atoms with Crippen molar-refractivity contribution in [2.24, 2.45) is 0 Å². The number of H-pyrrole nitrogens is 2. The first-order valence-corrected chi connectivity index (χ1v) is 5.22. The fraction of sp³-hybridized carbons (Fsp3) is 0.111. The van der Waals surface area contributed by atoms with Gasteiger partial charge in [-0.2, -0.15) is 0 Å². The second kappa shape index (κ2) is 4.00. The summed E-state index contributed by atoms with van der Waals surface area (Å²) < 4.78 is 2.90. The second-order valence-corrected chi connectivity index (χ2v) is 3.77. The van der Waals surface area contributed by atoms with E-state index in [1.54, 1.807) is 4.57 Å². The van der Waals surface area contributed by atoms with E-state index in [2.05, 4.69) is 15.5 Å². The first kappa shape index (κ1) is 10.1. The van der Waals surface area contributed by atoms with Crippen molar-refractivity contribution in [2.45, 2.75) is 0 Å². The lowest BCUT2D eigenvalue weighted by Gasteiger charge is -2.04. The van der Waals surface area contributed by atoms with Crippen LogP contribution in [0.15, 0.2) is 24.3 Å². The SMILES string of the molecule is CNc1cccc(-n2c(=S)[nH][nH]c2=S)c1. The van der Waals surface area contributed by atoms with E-state index in [0.29, 0.717) is 9.54 Å². The summed E-state index contributed by atoms with van der Waals surface area (Å²) in [6.07, 6.45) is 0. The Hall–Kier alpha value is -1.40. The molecular formula is C9H10N4S2. The zero-order valence-electron chi connectivity index (χ0n) is 8.07. The largest absolute Gasteiger partial charge is 0.388 e.